The molecule has 1 unspecified atom stereocenters. The molecule has 0 heterocycles. The fourth-order valence-corrected chi connectivity index (χ4v) is 1.57. The number of nitrogens with zero attached hydrogens (tertiary/aromatic N) is 1. The molecule has 0 amide bonds. The number of carbonyl (C=O) groups is 1. The van der Waals surface area contributed by atoms with E-state index in [-0.39, 0.29) is 16.1 Å². The van der Waals surface area contributed by atoms with Crippen LogP contribution in [0.5, 0.6) is 0 Å². The van der Waals surface area contributed by atoms with E-state index in [2.05, 4.69) is 4.74 Å². The summed E-state index contributed by atoms with van der Waals surface area (Å²) in [6.45, 7) is 0. The number of hydrogen-bond donors (Lipinski definition) is 1. The predicted molar refractivity (Wildman–Crippen MR) is 53.5 cm³/mol. The number of benzene rings is 1. The lowest BCUT2D eigenvalue weighted by Crippen LogP contribution is -2.07. The van der Waals surface area contributed by atoms with Gasteiger partial charge >= 0.3 is 5.97 Å². The SMILES string of the molecule is COC(=O)c1cc([N+](=O)[O-])ccc1S(=O)O. The Hall–Kier alpha value is -1.80. The Morgan fingerprint density at radius 2 is 2.19 bits per heavy atom. The molecule has 0 aliphatic heterocycles. The maximum Gasteiger partial charge on any atom is 0.339 e. The van der Waals surface area contributed by atoms with Crippen molar-refractivity contribution in [1.82, 2.24) is 0 Å². The van der Waals surface area contributed by atoms with Crippen molar-refractivity contribution < 1.29 is 23.2 Å². The smallest absolute Gasteiger partial charge is 0.339 e. The predicted octanol–water partition coefficient (Wildman–Crippen LogP) is 0.962. The van der Waals surface area contributed by atoms with E-state index in [1.165, 1.54) is 0 Å². The quantitative estimate of drug-likeness (QED) is 0.368. The second kappa shape index (κ2) is 4.81. The van der Waals surface area contributed by atoms with Gasteiger partial charge in [-0.15, -0.1) is 0 Å². The summed E-state index contributed by atoms with van der Waals surface area (Å²) in [4.78, 5) is 20.7. The Bertz CT molecular complexity index is 472. The van der Waals surface area contributed by atoms with Crippen molar-refractivity contribution in [2.24, 2.45) is 0 Å². The highest BCUT2D eigenvalue weighted by atomic mass is 32.2. The Morgan fingerprint density at radius 3 is 2.62 bits per heavy atom. The van der Waals surface area contributed by atoms with Crippen LogP contribution >= 0.6 is 0 Å². The molecule has 8 heteroatoms. The average Bonchev–Trinajstić information content (AvgIpc) is 2.26. The summed E-state index contributed by atoms with van der Waals surface area (Å²) in [7, 11) is 1.07. The molecule has 7 nitrogen and oxygen atoms in total. The van der Waals surface area contributed by atoms with Gasteiger partial charge in [-0.25, -0.2) is 9.00 Å². The summed E-state index contributed by atoms with van der Waals surface area (Å²) in [6, 6.07) is 2.98. The molecule has 0 radical (unpaired) electrons. The van der Waals surface area contributed by atoms with Crippen LogP contribution in [-0.4, -0.2) is 26.8 Å². The number of non-ortho nitro benzene ring substituents is 1. The molecule has 1 aromatic carbocycles. The number of hydrogen-bond acceptors (Lipinski definition) is 5. The van der Waals surface area contributed by atoms with E-state index < -0.39 is 22.0 Å². The number of carbonyl (C=O) groups excluding carboxylic acids is 1. The van der Waals surface area contributed by atoms with Crippen molar-refractivity contribution in [1.29, 1.82) is 0 Å². The third-order valence-electron chi connectivity index (χ3n) is 1.77. The Morgan fingerprint density at radius 1 is 1.56 bits per heavy atom. The monoisotopic (exact) mass is 245 g/mol. The number of methoxy groups -OCH3 is 1. The van der Waals surface area contributed by atoms with Gasteiger partial charge in [0.1, 0.15) is 0 Å². The second-order valence-electron chi connectivity index (χ2n) is 2.68. The Labute approximate surface area is 92.5 Å². The molecule has 0 aliphatic rings. The molecule has 0 saturated carbocycles. The Balaban J connectivity index is 3.38. The molecule has 0 bridgehead atoms. The lowest BCUT2D eigenvalue weighted by molar-refractivity contribution is -0.384. The molecule has 16 heavy (non-hydrogen) atoms. The molecule has 0 fully saturated rings. The van der Waals surface area contributed by atoms with Gasteiger partial charge in [0.15, 0.2) is 11.1 Å². The second-order valence-corrected chi connectivity index (χ2v) is 3.62. The first-order valence-electron chi connectivity index (χ1n) is 3.95. The van der Waals surface area contributed by atoms with Crippen molar-refractivity contribution in [3.63, 3.8) is 0 Å². The highest BCUT2D eigenvalue weighted by Crippen LogP contribution is 2.20. The third-order valence-corrected chi connectivity index (χ3v) is 2.50. The molecule has 1 N–H and O–H groups in total. The van der Waals surface area contributed by atoms with Crippen LogP contribution in [0.4, 0.5) is 5.69 Å². The number of esters is 1. The van der Waals surface area contributed by atoms with E-state index >= 15 is 0 Å². The molecular formula is C8H7NO6S. The first-order valence-corrected chi connectivity index (χ1v) is 5.05. The van der Waals surface area contributed by atoms with Crippen molar-refractivity contribution in [3.05, 3.63) is 33.9 Å². The van der Waals surface area contributed by atoms with Crippen molar-refractivity contribution in [3.8, 4) is 0 Å². The summed E-state index contributed by atoms with van der Waals surface area (Å²) in [6.07, 6.45) is 0. The van der Waals surface area contributed by atoms with Gasteiger partial charge in [0.25, 0.3) is 5.69 Å². The van der Waals surface area contributed by atoms with Crippen LogP contribution in [0.15, 0.2) is 23.1 Å². The summed E-state index contributed by atoms with van der Waals surface area (Å²) in [5.74, 6) is -0.902. The Kier molecular flexibility index (Phi) is 3.69. The normalized spacial score (nSPS) is 11.9. The summed E-state index contributed by atoms with van der Waals surface area (Å²) in [5.41, 5.74) is -0.646. The minimum absolute atomic E-state index is 0.225. The van der Waals surface area contributed by atoms with Crippen LogP contribution in [0.3, 0.4) is 0 Å². The average molecular weight is 245 g/mol. The van der Waals surface area contributed by atoms with Gasteiger partial charge in [0, 0.05) is 12.1 Å². The number of rotatable bonds is 3. The molecule has 0 spiro atoms. The number of nitro groups is 1. The minimum Gasteiger partial charge on any atom is -0.465 e. The van der Waals surface area contributed by atoms with Crippen molar-refractivity contribution >= 4 is 22.7 Å². The molecule has 1 atom stereocenters. The fraction of sp³-hybridized carbons (Fsp3) is 0.125. The van der Waals surface area contributed by atoms with Gasteiger partial charge in [-0.1, -0.05) is 0 Å². The van der Waals surface area contributed by atoms with Crippen molar-refractivity contribution in [2.45, 2.75) is 4.90 Å². The molecule has 1 rings (SSSR count). The van der Waals surface area contributed by atoms with Crippen LogP contribution in [0.25, 0.3) is 0 Å². The summed E-state index contributed by atoms with van der Waals surface area (Å²) in [5, 5.41) is 10.5. The van der Waals surface area contributed by atoms with Gasteiger partial charge in [0.2, 0.25) is 0 Å². The van der Waals surface area contributed by atoms with Gasteiger partial charge in [-0.05, 0) is 6.07 Å². The minimum atomic E-state index is -2.41. The molecule has 86 valence electrons. The first kappa shape index (κ1) is 12.3. The van der Waals surface area contributed by atoms with E-state index in [4.69, 9.17) is 4.55 Å². The van der Waals surface area contributed by atoms with Gasteiger partial charge in [-0.2, -0.15) is 0 Å². The zero-order chi connectivity index (χ0) is 12.3. The van der Waals surface area contributed by atoms with E-state index in [0.29, 0.717) is 0 Å². The maximum absolute atomic E-state index is 11.2. The van der Waals surface area contributed by atoms with E-state index in [1.807, 2.05) is 0 Å². The standard InChI is InChI=1S/C8H7NO6S/c1-15-8(10)6-4-5(9(11)12)2-3-7(6)16(13)14/h2-4H,1H3,(H,13,14). The molecule has 0 aliphatic carbocycles. The fourth-order valence-electron chi connectivity index (χ4n) is 1.05. The first-order chi connectivity index (χ1) is 7.47. The zero-order valence-corrected chi connectivity index (χ0v) is 8.89. The number of nitro benzene ring substituents is 1. The third kappa shape index (κ3) is 2.41. The molecule has 1 aromatic rings. The molecule has 0 aromatic heterocycles. The maximum atomic E-state index is 11.2. The van der Waals surface area contributed by atoms with Crippen LogP contribution < -0.4 is 0 Å². The molecule has 0 saturated heterocycles. The van der Waals surface area contributed by atoms with Crippen LogP contribution in [0, 0.1) is 10.1 Å². The highest BCUT2D eigenvalue weighted by Gasteiger charge is 2.19. The van der Waals surface area contributed by atoms with Crippen LogP contribution in [0.2, 0.25) is 0 Å². The van der Waals surface area contributed by atoms with Gasteiger partial charge in [-0.3, -0.25) is 10.1 Å². The van der Waals surface area contributed by atoms with Crippen LogP contribution in [-0.2, 0) is 15.8 Å². The zero-order valence-electron chi connectivity index (χ0n) is 8.08. The van der Waals surface area contributed by atoms with Gasteiger partial charge < -0.3 is 9.29 Å². The summed E-state index contributed by atoms with van der Waals surface area (Å²) >= 11 is -2.41. The van der Waals surface area contributed by atoms with E-state index in [9.17, 15) is 19.1 Å². The summed E-state index contributed by atoms with van der Waals surface area (Å²) < 4.78 is 24.1. The lowest BCUT2D eigenvalue weighted by Gasteiger charge is -2.03. The largest absolute Gasteiger partial charge is 0.465 e. The van der Waals surface area contributed by atoms with Crippen molar-refractivity contribution in [2.75, 3.05) is 7.11 Å². The number of ether oxygens (including phenoxy) is 1. The lowest BCUT2D eigenvalue weighted by atomic mass is 10.2. The van der Waals surface area contributed by atoms with Crippen LogP contribution in [0.1, 0.15) is 10.4 Å². The van der Waals surface area contributed by atoms with E-state index in [0.717, 1.165) is 25.3 Å². The van der Waals surface area contributed by atoms with E-state index in [1.54, 1.807) is 0 Å². The topological polar surface area (TPSA) is 107 Å². The molecular weight excluding hydrogens is 238 g/mol. The van der Waals surface area contributed by atoms with Gasteiger partial charge in [0.05, 0.1) is 22.5 Å². The highest BCUT2D eigenvalue weighted by molar-refractivity contribution is 7.79.